The number of benzene rings is 1. The highest BCUT2D eigenvalue weighted by Crippen LogP contribution is 2.34. The van der Waals surface area contributed by atoms with Crippen LogP contribution in [0.25, 0.3) is 0 Å². The van der Waals surface area contributed by atoms with E-state index in [0.717, 1.165) is 0 Å². The molecule has 26 heavy (non-hydrogen) atoms. The Kier molecular flexibility index (Phi) is 5.99. The molecule has 0 bridgehead atoms. The molecule has 1 aromatic carbocycles. The summed E-state index contributed by atoms with van der Waals surface area (Å²) in [4.78, 5) is 13.1. The Morgan fingerprint density at radius 1 is 1.38 bits per heavy atom. The zero-order chi connectivity index (χ0) is 19.7. The first-order chi connectivity index (χ1) is 12.0. The summed E-state index contributed by atoms with van der Waals surface area (Å²) in [7, 11) is -3.07. The smallest absolute Gasteiger partial charge is 0.383 e. The Balaban J connectivity index is 2.39. The van der Waals surface area contributed by atoms with Gasteiger partial charge in [0.15, 0.2) is 0 Å². The first-order valence-electron chi connectivity index (χ1n) is 7.96. The Hall–Kier alpha value is -1.65. The van der Waals surface area contributed by atoms with Crippen molar-refractivity contribution in [3.63, 3.8) is 0 Å². The molecule has 0 saturated heterocycles. The third kappa shape index (κ3) is 4.36. The average molecular weight is 394 g/mol. The minimum absolute atomic E-state index is 0.139. The van der Waals surface area contributed by atoms with Gasteiger partial charge in [0, 0.05) is 32.3 Å². The number of carbonyl (C=O) groups excluding carboxylic acids is 1. The number of ether oxygens (including phenoxy) is 1. The highest BCUT2D eigenvalue weighted by molar-refractivity contribution is 7.89. The molecule has 1 atom stereocenters. The van der Waals surface area contributed by atoms with Crippen molar-refractivity contribution in [3.8, 4) is 0 Å². The number of alkyl halides is 3. The number of hydrogen-bond acceptors (Lipinski definition) is 4. The molecular formula is C16H21F3N2O4S. The first kappa shape index (κ1) is 20.7. The first-order valence-corrected chi connectivity index (χ1v) is 9.40. The molecule has 1 unspecified atom stereocenters. The zero-order valence-corrected chi connectivity index (χ0v) is 15.5. The van der Waals surface area contributed by atoms with Crippen molar-refractivity contribution in [2.75, 3.05) is 31.7 Å². The molecule has 0 saturated carbocycles. The van der Waals surface area contributed by atoms with Crippen LogP contribution in [-0.4, -0.2) is 57.7 Å². The van der Waals surface area contributed by atoms with Gasteiger partial charge in [-0.15, -0.1) is 0 Å². The summed E-state index contributed by atoms with van der Waals surface area (Å²) in [6.07, 6.45) is -4.23. The molecule has 0 spiro atoms. The second kappa shape index (κ2) is 7.53. The molecule has 146 valence electrons. The summed E-state index contributed by atoms with van der Waals surface area (Å²) >= 11 is 0. The van der Waals surface area contributed by atoms with E-state index in [1.54, 1.807) is 4.90 Å². The second-order valence-corrected chi connectivity index (χ2v) is 8.12. The SMILES string of the molecule is COCCN(CC(F)(F)F)S(=O)(=O)c1ccc2c(c1)CC(C)N2C(C)=O. The monoisotopic (exact) mass is 394 g/mol. The van der Waals surface area contributed by atoms with E-state index in [1.165, 1.54) is 32.2 Å². The van der Waals surface area contributed by atoms with Crippen molar-refractivity contribution in [3.05, 3.63) is 23.8 Å². The fraction of sp³-hybridized carbons (Fsp3) is 0.562. The Labute approximate surface area is 150 Å². The van der Waals surface area contributed by atoms with Crippen molar-refractivity contribution in [1.29, 1.82) is 0 Å². The number of rotatable bonds is 6. The molecule has 1 heterocycles. The molecule has 6 nitrogen and oxygen atoms in total. The highest BCUT2D eigenvalue weighted by atomic mass is 32.2. The molecule has 0 N–H and O–H groups in total. The molecule has 0 fully saturated rings. The number of amides is 1. The van der Waals surface area contributed by atoms with E-state index in [-0.39, 0.29) is 23.5 Å². The number of hydrogen-bond donors (Lipinski definition) is 0. The van der Waals surface area contributed by atoms with Crippen LogP contribution in [0.5, 0.6) is 0 Å². The minimum atomic E-state index is -4.67. The lowest BCUT2D eigenvalue weighted by molar-refractivity contribution is -0.136. The number of fused-ring (bicyclic) bond motifs is 1. The van der Waals surface area contributed by atoms with Crippen molar-refractivity contribution in [1.82, 2.24) is 4.31 Å². The number of methoxy groups -OCH3 is 1. The molecule has 0 radical (unpaired) electrons. The van der Waals surface area contributed by atoms with Gasteiger partial charge in [0.2, 0.25) is 15.9 Å². The fourth-order valence-electron chi connectivity index (χ4n) is 3.07. The van der Waals surface area contributed by atoms with Gasteiger partial charge >= 0.3 is 6.18 Å². The lowest BCUT2D eigenvalue weighted by Gasteiger charge is -2.24. The highest BCUT2D eigenvalue weighted by Gasteiger charge is 2.38. The van der Waals surface area contributed by atoms with E-state index in [9.17, 15) is 26.4 Å². The summed E-state index contributed by atoms with van der Waals surface area (Å²) in [6.45, 7) is 1.07. The van der Waals surface area contributed by atoms with Crippen LogP contribution < -0.4 is 4.90 Å². The van der Waals surface area contributed by atoms with Crippen LogP contribution in [0.15, 0.2) is 23.1 Å². The molecule has 1 amide bonds. The van der Waals surface area contributed by atoms with Gasteiger partial charge in [0.05, 0.1) is 11.5 Å². The zero-order valence-electron chi connectivity index (χ0n) is 14.7. The Bertz CT molecular complexity index is 780. The van der Waals surface area contributed by atoms with Gasteiger partial charge in [0.1, 0.15) is 6.54 Å². The lowest BCUT2D eigenvalue weighted by Crippen LogP contribution is -2.40. The quantitative estimate of drug-likeness (QED) is 0.742. The number of anilines is 1. The van der Waals surface area contributed by atoms with Crippen LogP contribution in [0.4, 0.5) is 18.9 Å². The number of halogens is 3. The fourth-order valence-corrected chi connectivity index (χ4v) is 4.53. The third-order valence-corrected chi connectivity index (χ3v) is 5.99. The average Bonchev–Trinajstić information content (AvgIpc) is 2.85. The van der Waals surface area contributed by atoms with Crippen LogP contribution in [0, 0.1) is 0 Å². The van der Waals surface area contributed by atoms with Gasteiger partial charge in [-0.25, -0.2) is 8.42 Å². The number of nitrogens with zero attached hydrogens (tertiary/aromatic N) is 2. The van der Waals surface area contributed by atoms with Gasteiger partial charge in [-0.2, -0.15) is 17.5 Å². The number of carbonyl (C=O) groups is 1. The molecule has 1 aliphatic rings. The van der Waals surface area contributed by atoms with E-state index in [2.05, 4.69) is 0 Å². The van der Waals surface area contributed by atoms with E-state index < -0.39 is 29.3 Å². The maximum absolute atomic E-state index is 12.8. The summed E-state index contributed by atoms with van der Waals surface area (Å²) in [6, 6.07) is 3.91. The second-order valence-electron chi connectivity index (χ2n) is 6.18. The Morgan fingerprint density at radius 3 is 2.58 bits per heavy atom. The normalized spacial score (nSPS) is 17.7. The molecular weight excluding hydrogens is 373 g/mol. The lowest BCUT2D eigenvalue weighted by atomic mass is 10.1. The maximum Gasteiger partial charge on any atom is 0.402 e. The molecule has 1 aliphatic heterocycles. The van der Waals surface area contributed by atoms with Crippen molar-refractivity contribution >= 4 is 21.6 Å². The van der Waals surface area contributed by atoms with Crippen molar-refractivity contribution < 1.29 is 31.1 Å². The number of sulfonamides is 1. The van der Waals surface area contributed by atoms with Crippen LogP contribution in [0.2, 0.25) is 0 Å². The molecule has 10 heteroatoms. The van der Waals surface area contributed by atoms with Gasteiger partial charge in [-0.1, -0.05) is 0 Å². The molecule has 1 aromatic rings. The van der Waals surface area contributed by atoms with Crippen LogP contribution in [0.1, 0.15) is 19.4 Å². The molecule has 2 rings (SSSR count). The van der Waals surface area contributed by atoms with E-state index in [0.29, 0.717) is 22.0 Å². The largest absolute Gasteiger partial charge is 0.402 e. The van der Waals surface area contributed by atoms with Crippen LogP contribution in [-0.2, 0) is 26.0 Å². The predicted molar refractivity (Wildman–Crippen MR) is 89.5 cm³/mol. The van der Waals surface area contributed by atoms with E-state index in [4.69, 9.17) is 4.74 Å². The van der Waals surface area contributed by atoms with Gasteiger partial charge in [-0.05, 0) is 37.1 Å². The summed E-state index contributed by atoms with van der Waals surface area (Å²) in [5.41, 5.74) is 1.20. The standard InChI is InChI=1S/C16H21F3N2O4S/c1-11-8-13-9-14(4-5-15(13)21(11)12(2)22)26(23,24)20(6-7-25-3)10-16(17,18)19/h4-5,9,11H,6-8,10H2,1-3H3. The molecule has 0 aromatic heterocycles. The topological polar surface area (TPSA) is 66.9 Å². The minimum Gasteiger partial charge on any atom is -0.383 e. The summed E-state index contributed by atoms with van der Waals surface area (Å²) in [5.74, 6) is -0.175. The predicted octanol–water partition coefficient (Wildman–Crippen LogP) is 2.18. The third-order valence-electron chi connectivity index (χ3n) is 4.14. The molecule has 0 aliphatic carbocycles. The maximum atomic E-state index is 12.8. The Morgan fingerprint density at radius 2 is 2.04 bits per heavy atom. The van der Waals surface area contributed by atoms with Crippen molar-refractivity contribution in [2.24, 2.45) is 0 Å². The van der Waals surface area contributed by atoms with E-state index in [1.807, 2.05) is 6.92 Å². The van der Waals surface area contributed by atoms with Crippen molar-refractivity contribution in [2.45, 2.75) is 37.4 Å². The summed E-state index contributed by atoms with van der Waals surface area (Å²) in [5, 5.41) is 0. The van der Waals surface area contributed by atoms with Gasteiger partial charge < -0.3 is 9.64 Å². The van der Waals surface area contributed by atoms with Crippen LogP contribution >= 0.6 is 0 Å². The van der Waals surface area contributed by atoms with Crippen LogP contribution in [0.3, 0.4) is 0 Å². The van der Waals surface area contributed by atoms with Gasteiger partial charge in [-0.3, -0.25) is 4.79 Å². The van der Waals surface area contributed by atoms with Gasteiger partial charge in [0.25, 0.3) is 0 Å². The summed E-state index contributed by atoms with van der Waals surface area (Å²) < 4.78 is 68.9. The van der Waals surface area contributed by atoms with E-state index >= 15 is 0 Å².